The van der Waals surface area contributed by atoms with Crippen LogP contribution in [-0.2, 0) is 13.2 Å². The maximum Gasteiger partial charge on any atom is 0.148 e. The summed E-state index contributed by atoms with van der Waals surface area (Å²) in [5.74, 6) is 1.65. The van der Waals surface area contributed by atoms with Crippen molar-refractivity contribution in [1.29, 1.82) is 0 Å². The van der Waals surface area contributed by atoms with Gasteiger partial charge in [0.15, 0.2) is 0 Å². The fraction of sp³-hybridized carbons (Fsp3) is 0.400. The van der Waals surface area contributed by atoms with Gasteiger partial charge in [0.1, 0.15) is 12.4 Å². The zero-order valence-electron chi connectivity index (χ0n) is 15.0. The Hall–Kier alpha value is -0.300. The van der Waals surface area contributed by atoms with Crippen molar-refractivity contribution in [3.63, 3.8) is 0 Å². The van der Waals surface area contributed by atoms with E-state index in [0.29, 0.717) is 6.61 Å². The van der Waals surface area contributed by atoms with Gasteiger partial charge in [0.2, 0.25) is 0 Å². The Morgan fingerprint density at radius 2 is 1.59 bits per heavy atom. The van der Waals surface area contributed by atoms with E-state index in [-0.39, 0.29) is 24.8 Å². The van der Waals surface area contributed by atoms with E-state index >= 15 is 0 Å². The molecule has 0 spiro atoms. The van der Waals surface area contributed by atoms with E-state index in [1.54, 1.807) is 0 Å². The zero-order chi connectivity index (χ0) is 17.5. The van der Waals surface area contributed by atoms with E-state index in [9.17, 15) is 0 Å². The van der Waals surface area contributed by atoms with Gasteiger partial charge in [0, 0.05) is 6.54 Å². The summed E-state index contributed by atoms with van der Waals surface area (Å²) in [6.07, 6.45) is 2.54. The van der Waals surface area contributed by atoms with Crippen LogP contribution in [0.2, 0.25) is 0 Å². The second-order valence-electron chi connectivity index (χ2n) is 6.49. The van der Waals surface area contributed by atoms with Crippen LogP contribution in [0.1, 0.15) is 24.0 Å². The first-order valence-corrected chi connectivity index (χ1v) is 10.4. The quantitative estimate of drug-likeness (QED) is 0.471. The van der Waals surface area contributed by atoms with Gasteiger partial charge in [0.25, 0.3) is 0 Å². The predicted octanol–water partition coefficient (Wildman–Crippen LogP) is 5.72. The van der Waals surface area contributed by atoms with Crippen LogP contribution in [0.15, 0.2) is 51.4 Å². The SMILES string of the molecule is Brc1cc(CNCC2CCNCC2)cc(Br)c1OCc1ccccc1.Cl.Cl. The fourth-order valence-corrected chi connectivity index (χ4v) is 4.60. The van der Waals surface area contributed by atoms with Crippen LogP contribution in [0.25, 0.3) is 0 Å². The molecule has 1 heterocycles. The molecule has 1 aliphatic heterocycles. The van der Waals surface area contributed by atoms with Crippen molar-refractivity contribution in [1.82, 2.24) is 10.6 Å². The van der Waals surface area contributed by atoms with Gasteiger partial charge in [-0.25, -0.2) is 0 Å². The molecule has 0 radical (unpaired) electrons. The van der Waals surface area contributed by atoms with Crippen LogP contribution in [-0.4, -0.2) is 19.6 Å². The van der Waals surface area contributed by atoms with Crippen molar-refractivity contribution in [2.75, 3.05) is 19.6 Å². The zero-order valence-corrected chi connectivity index (χ0v) is 19.9. The Bertz CT molecular complexity index is 660. The summed E-state index contributed by atoms with van der Waals surface area (Å²) in [6.45, 7) is 4.82. The molecule has 2 aromatic rings. The van der Waals surface area contributed by atoms with E-state index in [4.69, 9.17) is 4.74 Å². The van der Waals surface area contributed by atoms with Crippen LogP contribution in [0.5, 0.6) is 5.75 Å². The highest BCUT2D eigenvalue weighted by Gasteiger charge is 2.13. The third-order valence-corrected chi connectivity index (χ3v) is 5.68. The minimum absolute atomic E-state index is 0. The highest BCUT2D eigenvalue weighted by Crippen LogP contribution is 2.35. The number of piperidine rings is 1. The van der Waals surface area contributed by atoms with Crippen molar-refractivity contribution in [3.05, 3.63) is 62.5 Å². The first-order chi connectivity index (χ1) is 12.2. The minimum atomic E-state index is 0. The van der Waals surface area contributed by atoms with Gasteiger partial charge < -0.3 is 15.4 Å². The van der Waals surface area contributed by atoms with E-state index in [2.05, 4.69) is 66.8 Å². The summed E-state index contributed by atoms with van der Waals surface area (Å²) >= 11 is 7.30. The molecule has 1 fully saturated rings. The molecule has 3 nitrogen and oxygen atoms in total. The molecular weight excluding hydrogens is 515 g/mol. The highest BCUT2D eigenvalue weighted by molar-refractivity contribution is 9.11. The van der Waals surface area contributed by atoms with Crippen molar-refractivity contribution in [2.45, 2.75) is 26.0 Å². The predicted molar refractivity (Wildman–Crippen MR) is 124 cm³/mol. The normalized spacial score (nSPS) is 14.1. The molecule has 0 aromatic heterocycles. The third kappa shape index (κ3) is 7.92. The highest BCUT2D eigenvalue weighted by atomic mass is 79.9. The number of hydrogen-bond acceptors (Lipinski definition) is 3. The lowest BCUT2D eigenvalue weighted by Gasteiger charge is -2.23. The summed E-state index contributed by atoms with van der Waals surface area (Å²) < 4.78 is 7.95. The van der Waals surface area contributed by atoms with Crippen LogP contribution in [0.4, 0.5) is 0 Å². The smallest absolute Gasteiger partial charge is 0.148 e. The van der Waals surface area contributed by atoms with Gasteiger partial charge in [-0.15, -0.1) is 24.8 Å². The summed E-state index contributed by atoms with van der Waals surface area (Å²) in [5, 5.41) is 7.01. The summed E-state index contributed by atoms with van der Waals surface area (Å²) in [5.41, 5.74) is 2.41. The van der Waals surface area contributed by atoms with Crippen molar-refractivity contribution < 1.29 is 4.74 Å². The molecule has 2 aromatic carbocycles. The number of hydrogen-bond donors (Lipinski definition) is 2. The molecular formula is C20H26Br2Cl2N2O. The number of nitrogens with one attached hydrogen (secondary N) is 2. The van der Waals surface area contributed by atoms with Crippen LogP contribution in [0.3, 0.4) is 0 Å². The van der Waals surface area contributed by atoms with Crippen molar-refractivity contribution >= 4 is 56.7 Å². The first kappa shape index (κ1) is 24.7. The molecule has 1 aliphatic rings. The monoisotopic (exact) mass is 538 g/mol. The molecule has 7 heteroatoms. The lowest BCUT2D eigenvalue weighted by Crippen LogP contribution is -2.33. The van der Waals surface area contributed by atoms with Crippen molar-refractivity contribution in [2.24, 2.45) is 5.92 Å². The molecule has 27 heavy (non-hydrogen) atoms. The Morgan fingerprint density at radius 3 is 2.22 bits per heavy atom. The van der Waals surface area contributed by atoms with Crippen LogP contribution >= 0.6 is 56.7 Å². The van der Waals surface area contributed by atoms with Crippen LogP contribution < -0.4 is 15.4 Å². The average molecular weight is 541 g/mol. The van der Waals surface area contributed by atoms with E-state index in [1.807, 2.05) is 18.2 Å². The van der Waals surface area contributed by atoms with Gasteiger partial charge in [-0.1, -0.05) is 30.3 Å². The molecule has 0 atom stereocenters. The Labute approximate surface area is 191 Å². The Kier molecular flexibility index (Phi) is 11.9. The number of halogens is 4. The molecule has 150 valence electrons. The van der Waals surface area contributed by atoms with E-state index < -0.39 is 0 Å². The summed E-state index contributed by atoms with van der Waals surface area (Å²) in [4.78, 5) is 0. The molecule has 3 rings (SSSR count). The second kappa shape index (κ2) is 13.0. The van der Waals surface area contributed by atoms with E-state index in [0.717, 1.165) is 52.4 Å². The van der Waals surface area contributed by atoms with Gasteiger partial charge >= 0.3 is 0 Å². The molecule has 0 unspecified atom stereocenters. The van der Waals surface area contributed by atoms with Gasteiger partial charge in [-0.3, -0.25) is 0 Å². The van der Waals surface area contributed by atoms with Gasteiger partial charge in [0.05, 0.1) is 8.95 Å². The molecule has 1 saturated heterocycles. The van der Waals surface area contributed by atoms with E-state index in [1.165, 1.54) is 18.4 Å². The Balaban J connectivity index is 0.00000182. The average Bonchev–Trinajstić information content (AvgIpc) is 2.63. The number of ether oxygens (including phenoxy) is 1. The molecule has 0 bridgehead atoms. The summed E-state index contributed by atoms with van der Waals surface area (Å²) in [6, 6.07) is 14.5. The standard InChI is InChI=1S/C20H24Br2N2O.2ClH/c21-18-10-17(13-24-12-15-6-8-23-9-7-15)11-19(22)20(18)25-14-16-4-2-1-3-5-16;;/h1-5,10-11,15,23-24H,6-9,12-14H2;2*1H. The number of benzene rings is 2. The van der Waals surface area contributed by atoms with Crippen LogP contribution in [0, 0.1) is 5.92 Å². The topological polar surface area (TPSA) is 33.3 Å². The summed E-state index contributed by atoms with van der Waals surface area (Å²) in [7, 11) is 0. The molecule has 0 aliphatic carbocycles. The molecule has 0 amide bonds. The maximum atomic E-state index is 5.99. The van der Waals surface area contributed by atoms with Crippen molar-refractivity contribution in [3.8, 4) is 5.75 Å². The number of rotatable bonds is 7. The van der Waals surface area contributed by atoms with Gasteiger partial charge in [-0.2, -0.15) is 0 Å². The Morgan fingerprint density at radius 1 is 0.963 bits per heavy atom. The third-order valence-electron chi connectivity index (χ3n) is 4.50. The van der Waals surface area contributed by atoms with Gasteiger partial charge in [-0.05, 0) is 93.5 Å². The largest absolute Gasteiger partial charge is 0.487 e. The first-order valence-electron chi connectivity index (χ1n) is 8.78. The molecule has 2 N–H and O–H groups in total. The maximum absolute atomic E-state index is 5.99. The second-order valence-corrected chi connectivity index (χ2v) is 8.20. The fourth-order valence-electron chi connectivity index (χ4n) is 3.09. The molecule has 0 saturated carbocycles. The minimum Gasteiger partial charge on any atom is -0.487 e. The lowest BCUT2D eigenvalue weighted by molar-refractivity contribution is 0.302. The lowest BCUT2D eigenvalue weighted by atomic mass is 9.98.